The van der Waals surface area contributed by atoms with Crippen LogP contribution in [-0.2, 0) is 13.0 Å². The molecule has 4 aromatic rings. The van der Waals surface area contributed by atoms with Gasteiger partial charge in [0, 0.05) is 11.2 Å². The van der Waals surface area contributed by atoms with Crippen molar-refractivity contribution >= 4 is 15.9 Å². The molecule has 0 saturated heterocycles. The lowest BCUT2D eigenvalue weighted by molar-refractivity contribution is 0.305. The molecule has 0 bridgehead atoms. The van der Waals surface area contributed by atoms with E-state index in [1.165, 1.54) is 40.7 Å². The van der Waals surface area contributed by atoms with Crippen molar-refractivity contribution in [2.45, 2.75) is 50.5 Å². The summed E-state index contributed by atoms with van der Waals surface area (Å²) < 4.78 is 12.2. The number of unbranched alkanes of at least 4 members (excludes halogenated alkanes) is 2. The first kappa shape index (κ1) is 25.6. The fraction of sp³-hybridized carbons (Fsp3) is 0.294. The minimum Gasteiger partial charge on any atom is -0.494 e. The average Bonchev–Trinajstić information content (AvgIpc) is 2.96. The van der Waals surface area contributed by atoms with Crippen molar-refractivity contribution in [2.75, 3.05) is 11.9 Å². The van der Waals surface area contributed by atoms with Crippen LogP contribution in [0, 0.1) is 0 Å². The fourth-order valence-electron chi connectivity index (χ4n) is 5.43. The minimum absolute atomic E-state index is 0.308. The monoisotopic (exact) mass is 554 g/mol. The fourth-order valence-corrected chi connectivity index (χ4v) is 5.83. The molecule has 0 N–H and O–H groups in total. The molecule has 1 aliphatic rings. The maximum absolute atomic E-state index is 6.17. The third-order valence-electron chi connectivity index (χ3n) is 7.34. The van der Waals surface area contributed by atoms with Crippen LogP contribution in [0.3, 0.4) is 0 Å². The normalized spacial score (nSPS) is 16.7. The van der Waals surface area contributed by atoms with Gasteiger partial charge in [0.15, 0.2) is 0 Å². The summed E-state index contributed by atoms with van der Waals surface area (Å²) in [5.41, 5.74) is 6.76. The van der Waals surface area contributed by atoms with Crippen molar-refractivity contribution in [1.82, 2.24) is 0 Å². The average molecular weight is 556 g/mol. The van der Waals surface area contributed by atoms with Gasteiger partial charge in [-0.05, 0) is 90.1 Å². The first-order chi connectivity index (χ1) is 18.3. The molecule has 4 aromatic carbocycles. The Morgan fingerprint density at radius 1 is 0.676 bits per heavy atom. The maximum Gasteiger partial charge on any atom is 0.120 e. The van der Waals surface area contributed by atoms with E-state index in [0.29, 0.717) is 18.4 Å². The molecule has 0 aliphatic heterocycles. The Bertz CT molecular complexity index is 1240. The van der Waals surface area contributed by atoms with Gasteiger partial charge in [-0.25, -0.2) is 0 Å². The summed E-state index contributed by atoms with van der Waals surface area (Å²) in [6.45, 7) is 1.37. The number of ether oxygens (including phenoxy) is 2. The molecular weight excluding hydrogens is 520 g/mol. The molecule has 0 aromatic heterocycles. The van der Waals surface area contributed by atoms with Crippen molar-refractivity contribution < 1.29 is 9.47 Å². The van der Waals surface area contributed by atoms with E-state index in [0.717, 1.165) is 42.7 Å². The molecule has 0 amide bonds. The molecule has 0 heterocycles. The van der Waals surface area contributed by atoms with E-state index in [-0.39, 0.29) is 0 Å². The summed E-state index contributed by atoms with van der Waals surface area (Å²) in [6, 6.07) is 36.9. The Balaban J connectivity index is 1.37. The second-order valence-corrected chi connectivity index (χ2v) is 10.6. The molecule has 0 radical (unpaired) electrons. The zero-order chi connectivity index (χ0) is 25.3. The lowest BCUT2D eigenvalue weighted by atomic mass is 9.69. The Kier molecular flexibility index (Phi) is 8.97. The number of rotatable bonds is 11. The predicted octanol–water partition coefficient (Wildman–Crippen LogP) is 9.07. The first-order valence-electron chi connectivity index (χ1n) is 13.4. The summed E-state index contributed by atoms with van der Waals surface area (Å²) >= 11 is 3.50. The van der Waals surface area contributed by atoms with E-state index in [4.69, 9.17) is 9.47 Å². The molecule has 0 spiro atoms. The standard InChI is InChI=1S/C34H35BrO2/c35-22-8-3-9-23-36-30-17-14-28(15-18-30)34-32(27-12-6-2-7-13-27)20-16-29-24-31(19-21-33(29)34)37-25-26-10-4-1-5-11-26/h1-2,4-7,10-15,17-19,21,24,32,34H,3,8-9,16,20,22-23,25H2/t32-,34+/m1/s1. The summed E-state index contributed by atoms with van der Waals surface area (Å²) in [4.78, 5) is 0. The van der Waals surface area contributed by atoms with Crippen LogP contribution in [0.1, 0.15) is 65.3 Å². The maximum atomic E-state index is 6.17. The van der Waals surface area contributed by atoms with Gasteiger partial charge in [-0.1, -0.05) is 94.8 Å². The number of benzene rings is 4. The van der Waals surface area contributed by atoms with Gasteiger partial charge < -0.3 is 9.47 Å². The van der Waals surface area contributed by atoms with Gasteiger partial charge in [-0.2, -0.15) is 0 Å². The van der Waals surface area contributed by atoms with E-state index in [1.54, 1.807) is 0 Å². The topological polar surface area (TPSA) is 18.5 Å². The second kappa shape index (κ2) is 13.0. The van der Waals surface area contributed by atoms with Gasteiger partial charge in [-0.15, -0.1) is 0 Å². The molecule has 2 atom stereocenters. The molecule has 0 fully saturated rings. The van der Waals surface area contributed by atoms with Crippen molar-refractivity contribution in [3.05, 3.63) is 131 Å². The van der Waals surface area contributed by atoms with Crippen LogP contribution in [0.25, 0.3) is 0 Å². The smallest absolute Gasteiger partial charge is 0.120 e. The van der Waals surface area contributed by atoms with Crippen LogP contribution in [0.15, 0.2) is 103 Å². The summed E-state index contributed by atoms with van der Waals surface area (Å²) in [7, 11) is 0. The first-order valence-corrected chi connectivity index (χ1v) is 14.6. The molecule has 3 heteroatoms. The lowest BCUT2D eigenvalue weighted by Gasteiger charge is -2.35. The number of aryl methyl sites for hydroxylation is 1. The Labute approximate surface area is 229 Å². The zero-order valence-corrected chi connectivity index (χ0v) is 22.9. The van der Waals surface area contributed by atoms with Crippen LogP contribution in [0.5, 0.6) is 11.5 Å². The molecule has 0 saturated carbocycles. The summed E-state index contributed by atoms with van der Waals surface area (Å²) in [5, 5.41) is 1.06. The highest BCUT2D eigenvalue weighted by molar-refractivity contribution is 9.09. The van der Waals surface area contributed by atoms with E-state index in [1.807, 2.05) is 6.07 Å². The third kappa shape index (κ3) is 6.64. The summed E-state index contributed by atoms with van der Waals surface area (Å²) in [6.07, 6.45) is 5.66. The number of fused-ring (bicyclic) bond motifs is 1. The van der Waals surface area contributed by atoms with Gasteiger partial charge in [0.2, 0.25) is 0 Å². The number of hydrogen-bond donors (Lipinski definition) is 0. The molecule has 2 nitrogen and oxygen atoms in total. The van der Waals surface area contributed by atoms with Crippen LogP contribution in [-0.4, -0.2) is 11.9 Å². The Morgan fingerprint density at radius 3 is 2.16 bits per heavy atom. The van der Waals surface area contributed by atoms with E-state index in [9.17, 15) is 0 Å². The van der Waals surface area contributed by atoms with Crippen LogP contribution in [0.2, 0.25) is 0 Å². The largest absolute Gasteiger partial charge is 0.494 e. The van der Waals surface area contributed by atoms with E-state index in [2.05, 4.69) is 113 Å². The Morgan fingerprint density at radius 2 is 1.41 bits per heavy atom. The SMILES string of the molecule is BrCCCCCOc1ccc([C@@H]2c3ccc(OCc4ccccc4)cc3CC[C@@H]2c2ccccc2)cc1. The van der Waals surface area contributed by atoms with Crippen molar-refractivity contribution in [1.29, 1.82) is 0 Å². The molecule has 37 heavy (non-hydrogen) atoms. The second-order valence-electron chi connectivity index (χ2n) is 9.84. The molecule has 5 rings (SSSR count). The van der Waals surface area contributed by atoms with Gasteiger partial charge >= 0.3 is 0 Å². The third-order valence-corrected chi connectivity index (χ3v) is 7.90. The van der Waals surface area contributed by atoms with Crippen molar-refractivity contribution in [3.63, 3.8) is 0 Å². The predicted molar refractivity (Wildman–Crippen MR) is 156 cm³/mol. The number of hydrogen-bond acceptors (Lipinski definition) is 2. The number of halogens is 1. The van der Waals surface area contributed by atoms with Crippen LogP contribution < -0.4 is 9.47 Å². The van der Waals surface area contributed by atoms with Gasteiger partial charge in [-0.3, -0.25) is 0 Å². The molecule has 190 valence electrons. The van der Waals surface area contributed by atoms with Gasteiger partial charge in [0.1, 0.15) is 18.1 Å². The minimum atomic E-state index is 0.308. The highest BCUT2D eigenvalue weighted by Crippen LogP contribution is 2.47. The van der Waals surface area contributed by atoms with E-state index >= 15 is 0 Å². The van der Waals surface area contributed by atoms with E-state index < -0.39 is 0 Å². The van der Waals surface area contributed by atoms with Gasteiger partial charge in [0.05, 0.1) is 6.61 Å². The molecular formula is C34H35BrO2. The zero-order valence-electron chi connectivity index (χ0n) is 21.3. The highest BCUT2D eigenvalue weighted by atomic mass is 79.9. The van der Waals surface area contributed by atoms with Crippen LogP contribution >= 0.6 is 15.9 Å². The summed E-state index contributed by atoms with van der Waals surface area (Å²) in [5.74, 6) is 2.66. The molecule has 0 unspecified atom stereocenters. The Hall–Kier alpha value is -3.04. The highest BCUT2D eigenvalue weighted by Gasteiger charge is 2.32. The van der Waals surface area contributed by atoms with Gasteiger partial charge in [0.25, 0.3) is 0 Å². The van der Waals surface area contributed by atoms with Crippen LogP contribution in [0.4, 0.5) is 0 Å². The lowest BCUT2D eigenvalue weighted by Crippen LogP contribution is -2.20. The quantitative estimate of drug-likeness (QED) is 0.136. The molecule has 1 aliphatic carbocycles. The van der Waals surface area contributed by atoms with Crippen molar-refractivity contribution in [3.8, 4) is 11.5 Å². The van der Waals surface area contributed by atoms with Crippen molar-refractivity contribution in [2.24, 2.45) is 0 Å². The number of alkyl halides is 1.